The molecule has 2 aromatic heterocycles. The van der Waals surface area contributed by atoms with Crippen LogP contribution in [0.4, 0.5) is 0 Å². The third kappa shape index (κ3) is 3.07. The first-order valence-electron chi connectivity index (χ1n) is 8.46. The van der Waals surface area contributed by atoms with Crippen molar-refractivity contribution in [2.45, 2.75) is 45.3 Å². The van der Waals surface area contributed by atoms with E-state index < -0.39 is 0 Å². The molecule has 6 heteroatoms. The zero-order valence-electron chi connectivity index (χ0n) is 14.0. The molecule has 4 rings (SSSR count). The minimum absolute atomic E-state index is 0.577. The van der Waals surface area contributed by atoms with Crippen molar-refractivity contribution in [1.82, 2.24) is 25.0 Å². The fraction of sp³-hybridized carbons (Fsp3) is 0.647. The van der Waals surface area contributed by atoms with Crippen LogP contribution in [-0.2, 0) is 13.1 Å². The quantitative estimate of drug-likeness (QED) is 0.915. The van der Waals surface area contributed by atoms with Crippen LogP contribution in [0.25, 0.3) is 0 Å². The van der Waals surface area contributed by atoms with Gasteiger partial charge < -0.3 is 0 Å². The Balaban J connectivity index is 1.29. The van der Waals surface area contributed by atoms with Gasteiger partial charge in [0.15, 0.2) is 0 Å². The minimum atomic E-state index is 0.577. The molecule has 1 saturated carbocycles. The van der Waals surface area contributed by atoms with Crippen molar-refractivity contribution in [2.24, 2.45) is 5.41 Å². The molecule has 0 amide bonds. The predicted octanol–water partition coefficient (Wildman–Crippen LogP) is 2.66. The maximum atomic E-state index is 4.42. The van der Waals surface area contributed by atoms with Crippen LogP contribution in [0.1, 0.15) is 35.5 Å². The Morgan fingerprint density at radius 1 is 1.43 bits per heavy atom. The smallest absolute Gasteiger partial charge is 0.107 e. The van der Waals surface area contributed by atoms with Crippen LogP contribution in [-0.4, -0.2) is 51.2 Å². The van der Waals surface area contributed by atoms with E-state index in [1.807, 2.05) is 12.4 Å². The number of thiazole rings is 1. The largest absolute Gasteiger partial charge is 0.299 e. The maximum Gasteiger partial charge on any atom is 0.107 e. The Morgan fingerprint density at radius 3 is 2.91 bits per heavy atom. The summed E-state index contributed by atoms with van der Waals surface area (Å²) in [7, 11) is 2.27. The lowest BCUT2D eigenvalue weighted by Crippen LogP contribution is -2.37. The number of nitrogens with one attached hydrogen (secondary N) is 1. The van der Waals surface area contributed by atoms with Gasteiger partial charge in [0.05, 0.1) is 12.7 Å². The summed E-state index contributed by atoms with van der Waals surface area (Å²) < 4.78 is 0. The third-order valence-electron chi connectivity index (χ3n) is 5.73. The number of H-pyrrole nitrogens is 1. The lowest BCUT2D eigenvalue weighted by Gasteiger charge is -2.34. The zero-order chi connectivity index (χ0) is 15.9. The van der Waals surface area contributed by atoms with E-state index >= 15 is 0 Å². The number of hydrogen-bond acceptors (Lipinski definition) is 5. The van der Waals surface area contributed by atoms with E-state index in [0.29, 0.717) is 5.41 Å². The fourth-order valence-corrected chi connectivity index (χ4v) is 4.75. The van der Waals surface area contributed by atoms with Crippen LogP contribution < -0.4 is 0 Å². The van der Waals surface area contributed by atoms with Gasteiger partial charge in [0.1, 0.15) is 5.01 Å². The monoisotopic (exact) mass is 331 g/mol. The van der Waals surface area contributed by atoms with E-state index in [1.165, 1.54) is 48.6 Å². The molecular formula is C17H25N5S. The van der Waals surface area contributed by atoms with E-state index in [4.69, 9.17) is 0 Å². The van der Waals surface area contributed by atoms with Gasteiger partial charge in [-0.05, 0) is 51.7 Å². The van der Waals surface area contributed by atoms with E-state index in [2.05, 4.69) is 44.3 Å². The second-order valence-corrected chi connectivity index (χ2v) is 8.20. The van der Waals surface area contributed by atoms with Gasteiger partial charge in [-0.3, -0.25) is 14.9 Å². The molecular weight excluding hydrogens is 306 g/mol. The van der Waals surface area contributed by atoms with E-state index in [0.717, 1.165) is 19.1 Å². The van der Waals surface area contributed by atoms with Gasteiger partial charge in [-0.25, -0.2) is 4.98 Å². The molecule has 2 aromatic rings. The van der Waals surface area contributed by atoms with Crippen LogP contribution in [0.3, 0.4) is 0 Å². The molecule has 124 valence electrons. The Bertz CT molecular complexity index is 642. The number of aromatic amines is 1. The molecule has 2 fully saturated rings. The molecule has 1 saturated heterocycles. The number of aryl methyl sites for hydroxylation is 1. The fourth-order valence-electron chi connectivity index (χ4n) is 4.07. The van der Waals surface area contributed by atoms with Crippen LogP contribution in [0.15, 0.2) is 17.8 Å². The second kappa shape index (κ2) is 6.00. The lowest BCUT2D eigenvalue weighted by molar-refractivity contribution is 0.139. The Kier molecular flexibility index (Phi) is 3.99. The highest BCUT2D eigenvalue weighted by Gasteiger charge is 2.56. The highest BCUT2D eigenvalue weighted by molar-refractivity contribution is 7.09. The molecule has 1 atom stereocenters. The Hall–Kier alpha value is -1.24. The molecule has 1 spiro atoms. The molecule has 0 aromatic carbocycles. The van der Waals surface area contributed by atoms with Gasteiger partial charge in [-0.15, -0.1) is 11.3 Å². The third-order valence-corrected chi connectivity index (χ3v) is 6.49. The summed E-state index contributed by atoms with van der Waals surface area (Å²) in [6, 6.07) is 0.754. The molecule has 3 heterocycles. The van der Waals surface area contributed by atoms with E-state index in [-0.39, 0.29) is 0 Å². The molecule has 0 bridgehead atoms. The Morgan fingerprint density at radius 2 is 2.26 bits per heavy atom. The van der Waals surface area contributed by atoms with Gasteiger partial charge in [0, 0.05) is 35.4 Å². The van der Waals surface area contributed by atoms with Crippen LogP contribution in [0.2, 0.25) is 0 Å². The van der Waals surface area contributed by atoms with Crippen molar-refractivity contribution in [1.29, 1.82) is 0 Å². The maximum absolute atomic E-state index is 4.42. The molecule has 1 aliphatic heterocycles. The Labute approximate surface area is 141 Å². The predicted molar refractivity (Wildman–Crippen MR) is 92.3 cm³/mol. The van der Waals surface area contributed by atoms with E-state index in [9.17, 15) is 0 Å². The second-order valence-electron chi connectivity index (χ2n) is 7.22. The van der Waals surface area contributed by atoms with Gasteiger partial charge >= 0.3 is 0 Å². The molecule has 1 N–H and O–H groups in total. The first kappa shape index (κ1) is 15.3. The number of rotatable bonds is 5. The highest BCUT2D eigenvalue weighted by Crippen LogP contribution is 2.56. The van der Waals surface area contributed by atoms with Crippen molar-refractivity contribution in [3.05, 3.63) is 34.0 Å². The number of aromatic nitrogens is 3. The molecule has 1 aliphatic carbocycles. The van der Waals surface area contributed by atoms with Gasteiger partial charge in [-0.1, -0.05) is 0 Å². The van der Waals surface area contributed by atoms with Crippen molar-refractivity contribution in [2.75, 3.05) is 20.1 Å². The average Bonchev–Trinajstić information content (AvgIpc) is 2.88. The topological polar surface area (TPSA) is 48.1 Å². The lowest BCUT2D eigenvalue weighted by atomic mass is 9.92. The molecule has 0 radical (unpaired) electrons. The van der Waals surface area contributed by atoms with Crippen molar-refractivity contribution in [3.63, 3.8) is 0 Å². The summed E-state index contributed by atoms with van der Waals surface area (Å²) in [6.07, 6.45) is 7.91. The summed E-state index contributed by atoms with van der Waals surface area (Å²) in [5, 5.41) is 10.5. The summed E-state index contributed by atoms with van der Waals surface area (Å²) in [5.74, 6) is 0. The van der Waals surface area contributed by atoms with Crippen LogP contribution in [0, 0.1) is 12.3 Å². The number of hydrogen-bond donors (Lipinski definition) is 1. The molecule has 5 nitrogen and oxygen atoms in total. The molecule has 23 heavy (non-hydrogen) atoms. The summed E-state index contributed by atoms with van der Waals surface area (Å²) in [6.45, 7) is 6.58. The molecule has 0 unspecified atom stereocenters. The normalized spacial score (nSPS) is 23.7. The van der Waals surface area contributed by atoms with Crippen molar-refractivity contribution < 1.29 is 0 Å². The van der Waals surface area contributed by atoms with E-state index in [1.54, 1.807) is 11.3 Å². The number of likely N-dealkylation sites (tertiary alicyclic amines) is 1. The average molecular weight is 331 g/mol. The van der Waals surface area contributed by atoms with Crippen LogP contribution in [0.5, 0.6) is 0 Å². The zero-order valence-corrected chi connectivity index (χ0v) is 14.8. The van der Waals surface area contributed by atoms with Crippen LogP contribution >= 0.6 is 11.3 Å². The first-order valence-corrected chi connectivity index (χ1v) is 9.34. The summed E-state index contributed by atoms with van der Waals surface area (Å²) in [4.78, 5) is 9.53. The standard InChI is InChI=1S/C17H25N5S/c1-13-14(10-19-20-13)11-22-6-3-17(4-7-22)9-15(17)21(2)12-16-18-5-8-23-16/h5,8,10,15H,3-4,6-7,9,11-12H2,1-2H3,(H,19,20)/t15-/m0/s1. The highest BCUT2D eigenvalue weighted by atomic mass is 32.1. The number of piperidine rings is 1. The minimum Gasteiger partial charge on any atom is -0.299 e. The van der Waals surface area contributed by atoms with Crippen molar-refractivity contribution >= 4 is 11.3 Å². The van der Waals surface area contributed by atoms with Gasteiger partial charge in [-0.2, -0.15) is 5.10 Å². The summed E-state index contributed by atoms with van der Waals surface area (Å²) in [5.41, 5.74) is 3.13. The SMILES string of the molecule is Cc1[nH]ncc1CN1CCC2(CC1)C[C@@H]2N(C)Cc1nccs1. The summed E-state index contributed by atoms with van der Waals surface area (Å²) >= 11 is 1.77. The molecule has 2 aliphatic rings. The van der Waals surface area contributed by atoms with Gasteiger partial charge in [0.2, 0.25) is 0 Å². The number of nitrogens with zero attached hydrogens (tertiary/aromatic N) is 4. The first-order chi connectivity index (χ1) is 11.2. The van der Waals surface area contributed by atoms with Gasteiger partial charge in [0.25, 0.3) is 0 Å². The van der Waals surface area contributed by atoms with Crippen molar-refractivity contribution in [3.8, 4) is 0 Å².